The fourth-order valence-electron chi connectivity index (χ4n) is 3.35. The van der Waals surface area contributed by atoms with Crippen molar-refractivity contribution in [2.75, 3.05) is 16.6 Å². The molecule has 174 valence electrons. The van der Waals surface area contributed by atoms with E-state index in [0.717, 1.165) is 39.0 Å². The molecule has 32 heavy (non-hydrogen) atoms. The SMILES string of the molecule is CCCNCc1c(N(Cc2ccc(F)c(C(F)(F)F)c2)S(=O)(=O)CC)sc2ccccc12. The Bertz CT molecular complexity index is 1190. The summed E-state index contributed by atoms with van der Waals surface area (Å²) in [5.74, 6) is -1.62. The normalized spacial score (nSPS) is 12.4. The third-order valence-electron chi connectivity index (χ3n) is 4.99. The van der Waals surface area contributed by atoms with Crippen molar-refractivity contribution in [1.82, 2.24) is 5.32 Å². The molecule has 0 aliphatic carbocycles. The predicted octanol–water partition coefficient (Wildman–Crippen LogP) is 5.92. The molecule has 0 radical (unpaired) electrons. The van der Waals surface area contributed by atoms with Gasteiger partial charge in [0.15, 0.2) is 0 Å². The van der Waals surface area contributed by atoms with Crippen LogP contribution in [0.3, 0.4) is 0 Å². The summed E-state index contributed by atoms with van der Waals surface area (Å²) in [4.78, 5) is 0. The number of hydrogen-bond acceptors (Lipinski definition) is 4. The molecule has 0 saturated heterocycles. The maximum atomic E-state index is 13.7. The van der Waals surface area contributed by atoms with Gasteiger partial charge in [0.2, 0.25) is 10.0 Å². The van der Waals surface area contributed by atoms with E-state index in [1.807, 2.05) is 31.2 Å². The van der Waals surface area contributed by atoms with Gasteiger partial charge in [0.1, 0.15) is 10.8 Å². The highest BCUT2D eigenvalue weighted by atomic mass is 32.2. The van der Waals surface area contributed by atoms with Crippen LogP contribution in [0.5, 0.6) is 0 Å². The average Bonchev–Trinajstić information content (AvgIpc) is 3.10. The monoisotopic (exact) mass is 488 g/mol. The third kappa shape index (κ3) is 5.24. The van der Waals surface area contributed by atoms with E-state index in [9.17, 15) is 26.0 Å². The van der Waals surface area contributed by atoms with E-state index in [0.29, 0.717) is 17.6 Å². The predicted molar refractivity (Wildman–Crippen MR) is 121 cm³/mol. The highest BCUT2D eigenvalue weighted by molar-refractivity contribution is 7.92. The van der Waals surface area contributed by atoms with Crippen LogP contribution in [0, 0.1) is 5.82 Å². The van der Waals surface area contributed by atoms with E-state index in [4.69, 9.17) is 0 Å². The Morgan fingerprint density at radius 3 is 2.47 bits per heavy atom. The van der Waals surface area contributed by atoms with Gasteiger partial charge < -0.3 is 5.32 Å². The molecule has 3 rings (SSSR count). The zero-order chi connectivity index (χ0) is 23.5. The Hall–Kier alpha value is -2.17. The minimum absolute atomic E-state index is 0.0562. The van der Waals surface area contributed by atoms with Crippen LogP contribution in [0.4, 0.5) is 22.6 Å². The highest BCUT2D eigenvalue weighted by Gasteiger charge is 2.35. The van der Waals surface area contributed by atoms with E-state index in [1.165, 1.54) is 24.3 Å². The second kappa shape index (κ2) is 9.76. The number of sulfonamides is 1. The minimum atomic E-state index is -4.87. The topological polar surface area (TPSA) is 49.4 Å². The van der Waals surface area contributed by atoms with Crippen LogP contribution in [0.2, 0.25) is 0 Å². The smallest absolute Gasteiger partial charge is 0.313 e. The van der Waals surface area contributed by atoms with Gasteiger partial charge in [-0.05, 0) is 49.0 Å². The summed E-state index contributed by atoms with van der Waals surface area (Å²) in [6.07, 6.45) is -3.98. The van der Waals surface area contributed by atoms with Crippen LogP contribution in [0.1, 0.15) is 37.0 Å². The molecule has 0 bridgehead atoms. The number of thiophene rings is 1. The van der Waals surface area contributed by atoms with Crippen LogP contribution in [-0.2, 0) is 29.3 Å². The van der Waals surface area contributed by atoms with Crippen molar-refractivity contribution in [2.24, 2.45) is 0 Å². The number of halogens is 4. The maximum absolute atomic E-state index is 13.7. The molecule has 0 amide bonds. The molecule has 0 aliphatic rings. The van der Waals surface area contributed by atoms with Crippen LogP contribution >= 0.6 is 11.3 Å². The summed E-state index contributed by atoms with van der Waals surface area (Å²) in [6.45, 7) is 4.32. The Balaban J connectivity index is 2.12. The molecule has 1 heterocycles. The lowest BCUT2D eigenvalue weighted by Crippen LogP contribution is -2.32. The second-order valence-corrected chi connectivity index (χ2v) is 10.5. The van der Waals surface area contributed by atoms with E-state index in [1.54, 1.807) is 0 Å². The van der Waals surface area contributed by atoms with Crippen molar-refractivity contribution in [3.8, 4) is 0 Å². The van der Waals surface area contributed by atoms with Crippen LogP contribution < -0.4 is 9.62 Å². The fraction of sp³-hybridized carbons (Fsp3) is 0.364. The van der Waals surface area contributed by atoms with E-state index >= 15 is 0 Å². The maximum Gasteiger partial charge on any atom is 0.419 e. The van der Waals surface area contributed by atoms with Crippen LogP contribution in [-0.4, -0.2) is 20.7 Å². The first-order valence-electron chi connectivity index (χ1n) is 10.2. The molecular weight excluding hydrogens is 464 g/mol. The first kappa shape index (κ1) is 24.5. The fourth-order valence-corrected chi connectivity index (χ4v) is 5.96. The lowest BCUT2D eigenvalue weighted by molar-refractivity contribution is -0.140. The van der Waals surface area contributed by atoms with Gasteiger partial charge in [0.25, 0.3) is 0 Å². The van der Waals surface area contributed by atoms with Crippen molar-refractivity contribution in [2.45, 2.75) is 39.5 Å². The van der Waals surface area contributed by atoms with E-state index < -0.39 is 27.6 Å². The van der Waals surface area contributed by atoms with E-state index in [-0.39, 0.29) is 17.9 Å². The number of rotatable bonds is 9. The van der Waals surface area contributed by atoms with Gasteiger partial charge >= 0.3 is 6.18 Å². The summed E-state index contributed by atoms with van der Waals surface area (Å²) < 4.78 is 81.4. The zero-order valence-electron chi connectivity index (χ0n) is 17.7. The molecule has 0 atom stereocenters. The Morgan fingerprint density at radius 2 is 1.81 bits per heavy atom. The summed E-state index contributed by atoms with van der Waals surface area (Å²) >= 11 is 1.27. The number of hydrogen-bond donors (Lipinski definition) is 1. The summed E-state index contributed by atoms with van der Waals surface area (Å²) in [6, 6.07) is 10.1. The van der Waals surface area contributed by atoms with Crippen molar-refractivity contribution in [3.05, 3.63) is 65.0 Å². The van der Waals surface area contributed by atoms with Crippen molar-refractivity contribution >= 4 is 36.4 Å². The summed E-state index contributed by atoms with van der Waals surface area (Å²) in [5.41, 5.74) is -0.583. The van der Waals surface area contributed by atoms with Gasteiger partial charge in [-0.15, -0.1) is 11.3 Å². The zero-order valence-corrected chi connectivity index (χ0v) is 19.3. The Labute approximate surface area is 188 Å². The molecular formula is C22H24F4N2O2S2. The van der Waals surface area contributed by atoms with Gasteiger partial charge in [0, 0.05) is 16.8 Å². The van der Waals surface area contributed by atoms with Gasteiger partial charge in [-0.2, -0.15) is 13.2 Å². The van der Waals surface area contributed by atoms with Crippen molar-refractivity contribution < 1.29 is 26.0 Å². The number of nitrogens with zero attached hydrogens (tertiary/aromatic N) is 1. The minimum Gasteiger partial charge on any atom is -0.313 e. The molecule has 1 aromatic heterocycles. The standard InChI is InChI=1S/C22H24F4N2O2S2/c1-3-11-27-13-17-16-7-5-6-8-20(16)31-21(17)28(32(29,30)4-2)14-15-9-10-19(23)18(12-15)22(24,25)26/h5-10,12,27H,3-4,11,13-14H2,1-2H3. The molecule has 0 unspecified atom stereocenters. The van der Waals surface area contributed by atoms with Gasteiger partial charge in [-0.25, -0.2) is 12.8 Å². The molecule has 1 N–H and O–H groups in total. The first-order valence-corrected chi connectivity index (χ1v) is 12.6. The molecule has 0 fully saturated rings. The lowest BCUT2D eigenvalue weighted by Gasteiger charge is -2.24. The summed E-state index contributed by atoms with van der Waals surface area (Å²) in [5, 5.41) is 4.63. The Morgan fingerprint density at radius 1 is 1.09 bits per heavy atom. The first-order chi connectivity index (χ1) is 15.1. The number of nitrogens with one attached hydrogen (secondary N) is 1. The molecule has 4 nitrogen and oxygen atoms in total. The van der Waals surface area contributed by atoms with Crippen LogP contribution in [0.15, 0.2) is 42.5 Å². The van der Waals surface area contributed by atoms with Gasteiger partial charge in [-0.1, -0.05) is 31.2 Å². The highest BCUT2D eigenvalue weighted by Crippen LogP contribution is 2.40. The number of alkyl halides is 3. The lowest BCUT2D eigenvalue weighted by atomic mass is 10.1. The molecule has 2 aromatic carbocycles. The van der Waals surface area contributed by atoms with Gasteiger partial charge in [-0.3, -0.25) is 4.31 Å². The molecule has 0 aliphatic heterocycles. The quantitative estimate of drug-likeness (QED) is 0.301. The molecule has 0 saturated carbocycles. The molecule has 10 heteroatoms. The average molecular weight is 489 g/mol. The number of fused-ring (bicyclic) bond motifs is 1. The van der Waals surface area contributed by atoms with Crippen LogP contribution in [0.25, 0.3) is 10.1 Å². The second-order valence-electron chi connectivity index (χ2n) is 7.28. The van der Waals surface area contributed by atoms with Crippen molar-refractivity contribution in [3.63, 3.8) is 0 Å². The Kier molecular flexibility index (Phi) is 7.46. The largest absolute Gasteiger partial charge is 0.419 e. The number of anilines is 1. The third-order valence-corrected chi connectivity index (χ3v) is 8.06. The summed E-state index contributed by atoms with van der Waals surface area (Å²) in [7, 11) is -3.83. The molecule has 0 spiro atoms. The molecule has 3 aromatic rings. The number of benzene rings is 2. The van der Waals surface area contributed by atoms with E-state index in [2.05, 4.69) is 5.32 Å². The van der Waals surface area contributed by atoms with Crippen molar-refractivity contribution in [1.29, 1.82) is 0 Å². The van der Waals surface area contributed by atoms with Gasteiger partial charge in [0.05, 0.1) is 17.9 Å².